The van der Waals surface area contributed by atoms with Crippen LogP contribution in [0.25, 0.3) is 0 Å². The van der Waals surface area contributed by atoms with Crippen LogP contribution >= 0.6 is 0 Å². The first-order chi connectivity index (χ1) is 18.8. The second-order valence-electron chi connectivity index (χ2n) is 11.9. The first-order valence-electron chi connectivity index (χ1n) is 14.1. The molecule has 2 aliphatic heterocycles. The summed E-state index contributed by atoms with van der Waals surface area (Å²) in [5.41, 5.74) is 8.84. The quantitative estimate of drug-likeness (QED) is 0.539. The molecule has 2 aromatic rings. The first kappa shape index (κ1) is 31.3. The highest BCUT2D eigenvalue weighted by atomic mass is 16.6. The number of likely N-dealkylation sites (N-methyl/N-ethyl adjacent to an activating group) is 2. The molecule has 0 unspecified atom stereocenters. The van der Waals surface area contributed by atoms with Gasteiger partial charge in [0.15, 0.2) is 0 Å². The summed E-state index contributed by atoms with van der Waals surface area (Å²) in [4.78, 5) is 41.2. The van der Waals surface area contributed by atoms with Crippen LogP contribution in [0.4, 0.5) is 11.6 Å². The smallest absolute Gasteiger partial charge is 0.310 e. The van der Waals surface area contributed by atoms with Gasteiger partial charge >= 0.3 is 5.97 Å². The van der Waals surface area contributed by atoms with Gasteiger partial charge in [0.2, 0.25) is 5.91 Å². The molecule has 0 aliphatic carbocycles. The molecule has 2 aliphatic rings. The van der Waals surface area contributed by atoms with Crippen molar-refractivity contribution in [3.05, 3.63) is 46.8 Å². The highest BCUT2D eigenvalue weighted by molar-refractivity contribution is 5.77. The van der Waals surface area contributed by atoms with Crippen LogP contribution in [-0.4, -0.2) is 104 Å². The Morgan fingerprint density at radius 1 is 0.775 bits per heavy atom. The number of hydrogen-bond acceptors (Lipinski definition) is 9. The molecule has 4 rings (SSSR count). The van der Waals surface area contributed by atoms with E-state index in [0.29, 0.717) is 6.42 Å². The fraction of sp³-hybridized carbons (Fsp3) is 0.600. The van der Waals surface area contributed by atoms with Crippen molar-refractivity contribution in [2.45, 2.75) is 53.1 Å². The van der Waals surface area contributed by atoms with E-state index < -0.39 is 5.60 Å². The number of aromatic nitrogens is 2. The van der Waals surface area contributed by atoms with Crippen molar-refractivity contribution >= 4 is 23.5 Å². The molecule has 10 heteroatoms. The largest absolute Gasteiger partial charge is 0.460 e. The number of anilines is 2. The van der Waals surface area contributed by atoms with Gasteiger partial charge in [-0.25, -0.2) is 9.97 Å². The van der Waals surface area contributed by atoms with Gasteiger partial charge in [-0.05, 0) is 83.1 Å². The van der Waals surface area contributed by atoms with E-state index in [-0.39, 0.29) is 18.3 Å². The molecule has 4 heterocycles. The minimum Gasteiger partial charge on any atom is -0.460 e. The van der Waals surface area contributed by atoms with E-state index in [9.17, 15) is 9.59 Å². The van der Waals surface area contributed by atoms with Crippen molar-refractivity contribution in [3.8, 4) is 0 Å². The van der Waals surface area contributed by atoms with Crippen molar-refractivity contribution < 1.29 is 14.3 Å². The van der Waals surface area contributed by atoms with E-state index in [1.165, 1.54) is 0 Å². The Morgan fingerprint density at radius 2 is 1.18 bits per heavy atom. The standard InChI is InChI=1S/C17H27N3O2.C13H20N4O/c1-13-12-18-15(20-8-6-19(5)7-9-20)10-14(13)11-16(21)22-17(2,3)4;1-10-9-15-13(8-11(10)7-12(14)18)17-5-3-16(2)4-6-17/h10,12H,6-9,11H2,1-5H3;8-9H,3-7H2,1-2H3,(H2,14,18). The van der Waals surface area contributed by atoms with Gasteiger partial charge < -0.3 is 30.1 Å². The maximum absolute atomic E-state index is 12.0. The molecule has 0 bridgehead atoms. The lowest BCUT2D eigenvalue weighted by Gasteiger charge is -2.33. The number of piperazine rings is 2. The summed E-state index contributed by atoms with van der Waals surface area (Å²) in [5.74, 6) is 1.42. The Kier molecular flexibility index (Phi) is 10.9. The van der Waals surface area contributed by atoms with Crippen LogP contribution < -0.4 is 15.5 Å². The third-order valence-electron chi connectivity index (χ3n) is 7.17. The van der Waals surface area contributed by atoms with E-state index >= 15 is 0 Å². The fourth-order valence-electron chi connectivity index (χ4n) is 4.62. The number of ether oxygens (including phenoxy) is 1. The van der Waals surface area contributed by atoms with Crippen molar-refractivity contribution in [3.63, 3.8) is 0 Å². The highest BCUT2D eigenvalue weighted by Crippen LogP contribution is 2.20. The molecular weight excluding hydrogens is 506 g/mol. The molecule has 0 spiro atoms. The van der Waals surface area contributed by atoms with Crippen LogP contribution in [0.1, 0.15) is 43.0 Å². The van der Waals surface area contributed by atoms with Gasteiger partial charge in [0.25, 0.3) is 0 Å². The summed E-state index contributed by atoms with van der Waals surface area (Å²) in [6.07, 6.45) is 4.26. The monoisotopic (exact) mass is 553 g/mol. The third kappa shape index (κ3) is 9.75. The summed E-state index contributed by atoms with van der Waals surface area (Å²) in [7, 11) is 4.26. The third-order valence-corrected chi connectivity index (χ3v) is 7.17. The van der Waals surface area contributed by atoms with E-state index in [4.69, 9.17) is 10.5 Å². The zero-order valence-electron chi connectivity index (χ0n) is 25.4. The van der Waals surface area contributed by atoms with Crippen LogP contribution in [0.5, 0.6) is 0 Å². The molecule has 10 nitrogen and oxygen atoms in total. The molecular formula is C30H47N7O3. The first-order valence-corrected chi connectivity index (χ1v) is 14.1. The van der Waals surface area contributed by atoms with E-state index in [1.807, 2.05) is 59.1 Å². The second kappa shape index (κ2) is 13.9. The number of amides is 1. The molecule has 0 radical (unpaired) electrons. The van der Waals surface area contributed by atoms with Crippen LogP contribution in [0.3, 0.4) is 0 Å². The van der Waals surface area contributed by atoms with Gasteiger partial charge in [0.05, 0.1) is 12.8 Å². The lowest BCUT2D eigenvalue weighted by Crippen LogP contribution is -2.44. The minimum atomic E-state index is -0.446. The Bertz CT molecular complexity index is 1150. The highest BCUT2D eigenvalue weighted by Gasteiger charge is 2.20. The molecule has 40 heavy (non-hydrogen) atoms. The van der Waals surface area contributed by atoms with Gasteiger partial charge in [0, 0.05) is 64.8 Å². The molecule has 2 aromatic heterocycles. The number of carbonyl (C=O) groups excluding carboxylic acids is 2. The molecule has 2 fully saturated rings. The zero-order chi connectivity index (χ0) is 29.4. The Hall–Kier alpha value is -3.24. The average Bonchev–Trinajstić information content (AvgIpc) is 2.87. The molecule has 2 saturated heterocycles. The topological polar surface area (TPSA) is 108 Å². The number of nitrogens with zero attached hydrogens (tertiary/aromatic N) is 6. The summed E-state index contributed by atoms with van der Waals surface area (Å²) in [5, 5.41) is 0. The van der Waals surface area contributed by atoms with Gasteiger partial charge in [-0.3, -0.25) is 9.59 Å². The zero-order valence-corrected chi connectivity index (χ0v) is 25.4. The predicted molar refractivity (Wildman–Crippen MR) is 160 cm³/mol. The normalized spacial score (nSPS) is 16.8. The lowest BCUT2D eigenvalue weighted by atomic mass is 10.1. The van der Waals surface area contributed by atoms with Crippen molar-refractivity contribution in [1.82, 2.24) is 19.8 Å². The second-order valence-corrected chi connectivity index (χ2v) is 11.9. The number of nitrogens with two attached hydrogens (primary N) is 1. The van der Waals surface area contributed by atoms with Gasteiger partial charge in [-0.2, -0.15) is 0 Å². The molecule has 220 valence electrons. The minimum absolute atomic E-state index is 0.189. The SMILES string of the molecule is Cc1cnc(N2CCN(C)CC2)cc1CC(=O)OC(C)(C)C.Cc1cnc(N2CCN(C)CC2)cc1CC(N)=O. The Morgan fingerprint density at radius 3 is 1.55 bits per heavy atom. The number of carbonyl (C=O) groups is 2. The Labute approximate surface area is 239 Å². The number of hydrogen-bond donors (Lipinski definition) is 1. The number of rotatable bonds is 6. The van der Waals surface area contributed by atoms with Crippen LogP contribution in [0, 0.1) is 13.8 Å². The molecule has 0 saturated carbocycles. The van der Waals surface area contributed by atoms with Gasteiger partial charge in [-0.1, -0.05) is 0 Å². The van der Waals surface area contributed by atoms with Crippen LogP contribution in [0.15, 0.2) is 24.5 Å². The predicted octanol–water partition coefficient (Wildman–Crippen LogP) is 2.20. The fourth-order valence-corrected chi connectivity index (χ4v) is 4.62. The maximum atomic E-state index is 12.0. The average molecular weight is 554 g/mol. The number of esters is 1. The van der Waals surface area contributed by atoms with Gasteiger partial charge in [-0.15, -0.1) is 0 Å². The number of primary amides is 1. The molecule has 0 aromatic carbocycles. The molecule has 0 atom stereocenters. The van der Waals surface area contributed by atoms with Crippen LogP contribution in [-0.2, 0) is 27.2 Å². The molecule has 1 amide bonds. The Balaban J connectivity index is 0.000000225. The van der Waals surface area contributed by atoms with Gasteiger partial charge in [0.1, 0.15) is 17.2 Å². The van der Waals surface area contributed by atoms with Crippen molar-refractivity contribution in [2.75, 3.05) is 76.3 Å². The molecule has 2 N–H and O–H groups in total. The van der Waals surface area contributed by atoms with E-state index in [1.54, 1.807) is 0 Å². The summed E-state index contributed by atoms with van der Waals surface area (Å²) < 4.78 is 5.42. The number of aryl methyl sites for hydroxylation is 2. The van der Waals surface area contributed by atoms with Crippen molar-refractivity contribution in [1.29, 1.82) is 0 Å². The van der Waals surface area contributed by atoms with E-state index in [2.05, 4.69) is 43.7 Å². The summed E-state index contributed by atoms with van der Waals surface area (Å²) in [6.45, 7) is 17.7. The van der Waals surface area contributed by atoms with E-state index in [0.717, 1.165) is 86.2 Å². The number of pyridine rings is 2. The van der Waals surface area contributed by atoms with Crippen LogP contribution in [0.2, 0.25) is 0 Å². The maximum Gasteiger partial charge on any atom is 0.310 e. The lowest BCUT2D eigenvalue weighted by molar-refractivity contribution is -0.153. The van der Waals surface area contributed by atoms with Crippen molar-refractivity contribution in [2.24, 2.45) is 5.73 Å². The summed E-state index contributed by atoms with van der Waals surface area (Å²) >= 11 is 0. The summed E-state index contributed by atoms with van der Waals surface area (Å²) in [6, 6.07) is 4.02.